The van der Waals surface area contributed by atoms with Gasteiger partial charge in [-0.25, -0.2) is 0 Å². The number of ether oxygens (including phenoxy) is 1. The van der Waals surface area contributed by atoms with Crippen molar-refractivity contribution in [3.63, 3.8) is 0 Å². The molecular formula is C17H34O2. The molecule has 0 spiro atoms. The van der Waals surface area contributed by atoms with E-state index in [1.165, 1.54) is 45.4 Å². The Morgan fingerprint density at radius 3 is 2.11 bits per heavy atom. The number of hydrogen-bond donors (Lipinski definition) is 0. The molecule has 0 fully saturated rings. The van der Waals surface area contributed by atoms with Crippen LogP contribution in [0.25, 0.3) is 0 Å². The summed E-state index contributed by atoms with van der Waals surface area (Å²) in [7, 11) is 0. The molecule has 1 atom stereocenters. The standard InChI is InChI=1S/C17H34O2/c1-6-7-12-16(19-15(2)18)13-10-8-9-11-14-17(3,4)5/h16H,6-14H2,1-5H3. The van der Waals surface area contributed by atoms with Crippen LogP contribution in [-0.4, -0.2) is 12.1 Å². The van der Waals surface area contributed by atoms with Crippen molar-refractivity contribution in [1.82, 2.24) is 0 Å². The molecule has 0 aromatic heterocycles. The molecule has 0 saturated carbocycles. The first-order valence-corrected chi connectivity index (χ1v) is 8.02. The van der Waals surface area contributed by atoms with Gasteiger partial charge in [0.1, 0.15) is 6.10 Å². The zero-order valence-electron chi connectivity index (χ0n) is 13.8. The van der Waals surface area contributed by atoms with Gasteiger partial charge in [0.15, 0.2) is 0 Å². The zero-order chi connectivity index (χ0) is 14.7. The maximum absolute atomic E-state index is 11.0. The van der Waals surface area contributed by atoms with Crippen LogP contribution in [0.4, 0.5) is 0 Å². The van der Waals surface area contributed by atoms with Crippen molar-refractivity contribution in [2.45, 2.75) is 98.5 Å². The van der Waals surface area contributed by atoms with Crippen LogP contribution in [0.2, 0.25) is 0 Å². The summed E-state index contributed by atoms with van der Waals surface area (Å²) >= 11 is 0. The molecule has 0 rings (SSSR count). The van der Waals surface area contributed by atoms with E-state index in [4.69, 9.17) is 4.74 Å². The van der Waals surface area contributed by atoms with Gasteiger partial charge in [-0.05, 0) is 31.1 Å². The molecule has 19 heavy (non-hydrogen) atoms. The second kappa shape index (κ2) is 10.3. The molecule has 1 unspecified atom stereocenters. The Labute approximate surface area is 120 Å². The summed E-state index contributed by atoms with van der Waals surface area (Å²) in [6.07, 6.45) is 10.9. The second-order valence-corrected chi connectivity index (χ2v) is 6.89. The molecule has 0 bridgehead atoms. The van der Waals surface area contributed by atoms with Gasteiger partial charge < -0.3 is 4.74 Å². The largest absolute Gasteiger partial charge is 0.463 e. The van der Waals surface area contributed by atoms with Crippen molar-refractivity contribution in [2.75, 3.05) is 0 Å². The van der Waals surface area contributed by atoms with Gasteiger partial charge in [0, 0.05) is 6.92 Å². The van der Waals surface area contributed by atoms with E-state index in [0.717, 1.165) is 19.3 Å². The molecule has 0 N–H and O–H groups in total. The lowest BCUT2D eigenvalue weighted by molar-refractivity contribution is -0.147. The summed E-state index contributed by atoms with van der Waals surface area (Å²) < 4.78 is 5.37. The average Bonchev–Trinajstić information content (AvgIpc) is 2.28. The third kappa shape index (κ3) is 13.7. The van der Waals surface area contributed by atoms with Crippen LogP contribution in [0, 0.1) is 5.41 Å². The predicted molar refractivity (Wildman–Crippen MR) is 82.2 cm³/mol. The van der Waals surface area contributed by atoms with Crippen molar-refractivity contribution in [3.8, 4) is 0 Å². The minimum absolute atomic E-state index is 0.131. The number of esters is 1. The molecule has 2 nitrogen and oxygen atoms in total. The van der Waals surface area contributed by atoms with Crippen molar-refractivity contribution in [2.24, 2.45) is 5.41 Å². The van der Waals surface area contributed by atoms with E-state index in [1.807, 2.05) is 0 Å². The molecule has 0 aliphatic heterocycles. The van der Waals surface area contributed by atoms with Gasteiger partial charge in [-0.3, -0.25) is 4.79 Å². The fourth-order valence-electron chi connectivity index (χ4n) is 2.31. The summed E-state index contributed by atoms with van der Waals surface area (Å²) in [4.78, 5) is 11.0. The molecular weight excluding hydrogens is 236 g/mol. The minimum Gasteiger partial charge on any atom is -0.463 e. The number of hydrogen-bond acceptors (Lipinski definition) is 2. The summed E-state index contributed by atoms with van der Waals surface area (Å²) in [5.74, 6) is -0.131. The average molecular weight is 270 g/mol. The highest BCUT2D eigenvalue weighted by Gasteiger charge is 2.12. The predicted octanol–water partition coefficient (Wildman–Crippen LogP) is 5.50. The number of carbonyl (C=O) groups is 1. The Morgan fingerprint density at radius 1 is 1.00 bits per heavy atom. The topological polar surface area (TPSA) is 26.3 Å². The zero-order valence-corrected chi connectivity index (χ0v) is 13.8. The fraction of sp³-hybridized carbons (Fsp3) is 0.941. The number of rotatable bonds is 10. The van der Waals surface area contributed by atoms with Crippen LogP contribution in [0.3, 0.4) is 0 Å². The maximum Gasteiger partial charge on any atom is 0.302 e. The molecule has 2 heteroatoms. The van der Waals surface area contributed by atoms with Crippen molar-refractivity contribution in [1.29, 1.82) is 0 Å². The molecule has 0 heterocycles. The van der Waals surface area contributed by atoms with Gasteiger partial charge in [-0.1, -0.05) is 59.8 Å². The van der Waals surface area contributed by atoms with Crippen LogP contribution in [0.5, 0.6) is 0 Å². The molecule has 0 aromatic rings. The second-order valence-electron chi connectivity index (χ2n) is 6.89. The summed E-state index contributed by atoms with van der Waals surface area (Å²) in [5.41, 5.74) is 0.460. The van der Waals surface area contributed by atoms with E-state index in [0.29, 0.717) is 5.41 Å². The lowest BCUT2D eigenvalue weighted by atomic mass is 9.89. The van der Waals surface area contributed by atoms with Gasteiger partial charge >= 0.3 is 5.97 Å². The van der Waals surface area contributed by atoms with E-state index in [2.05, 4.69) is 27.7 Å². The molecule has 114 valence electrons. The van der Waals surface area contributed by atoms with Crippen molar-refractivity contribution >= 4 is 5.97 Å². The van der Waals surface area contributed by atoms with Gasteiger partial charge in [0.2, 0.25) is 0 Å². The van der Waals surface area contributed by atoms with Gasteiger partial charge in [0.05, 0.1) is 0 Å². The quantitative estimate of drug-likeness (QED) is 0.387. The van der Waals surface area contributed by atoms with Gasteiger partial charge in [-0.2, -0.15) is 0 Å². The SMILES string of the molecule is CCCCC(CCCCCCC(C)(C)C)OC(C)=O. The maximum atomic E-state index is 11.0. The van der Waals surface area contributed by atoms with Crippen LogP contribution in [-0.2, 0) is 9.53 Å². The third-order valence-corrected chi connectivity index (χ3v) is 3.42. The van der Waals surface area contributed by atoms with Gasteiger partial charge in [-0.15, -0.1) is 0 Å². The molecule has 0 amide bonds. The molecule has 0 aliphatic carbocycles. The first kappa shape index (κ1) is 18.5. The Bertz CT molecular complexity index is 228. The van der Waals surface area contributed by atoms with Crippen LogP contribution < -0.4 is 0 Å². The smallest absolute Gasteiger partial charge is 0.302 e. The Hall–Kier alpha value is -0.530. The van der Waals surface area contributed by atoms with E-state index in [1.54, 1.807) is 0 Å². The van der Waals surface area contributed by atoms with E-state index >= 15 is 0 Å². The summed E-state index contributed by atoms with van der Waals surface area (Å²) in [6, 6.07) is 0. The van der Waals surface area contributed by atoms with Crippen LogP contribution in [0.1, 0.15) is 92.4 Å². The van der Waals surface area contributed by atoms with Gasteiger partial charge in [0.25, 0.3) is 0 Å². The molecule has 0 radical (unpaired) electrons. The highest BCUT2D eigenvalue weighted by Crippen LogP contribution is 2.23. The number of carbonyl (C=O) groups excluding carboxylic acids is 1. The summed E-state index contributed by atoms with van der Waals surface area (Å²) in [6.45, 7) is 10.6. The first-order chi connectivity index (χ1) is 8.85. The normalized spacial score (nSPS) is 13.3. The van der Waals surface area contributed by atoms with E-state index < -0.39 is 0 Å². The lowest BCUT2D eigenvalue weighted by Crippen LogP contribution is -2.16. The molecule has 0 saturated heterocycles. The first-order valence-electron chi connectivity index (χ1n) is 8.02. The fourth-order valence-corrected chi connectivity index (χ4v) is 2.31. The minimum atomic E-state index is -0.131. The molecule has 0 aromatic carbocycles. The highest BCUT2D eigenvalue weighted by molar-refractivity contribution is 5.66. The Kier molecular flexibility index (Phi) is 9.99. The third-order valence-electron chi connectivity index (χ3n) is 3.42. The lowest BCUT2D eigenvalue weighted by Gasteiger charge is -2.18. The molecule has 0 aliphatic rings. The summed E-state index contributed by atoms with van der Waals surface area (Å²) in [5, 5.41) is 0. The van der Waals surface area contributed by atoms with E-state index in [9.17, 15) is 4.79 Å². The Balaban J connectivity index is 3.65. The number of unbranched alkanes of at least 4 members (excludes halogenated alkanes) is 4. The Morgan fingerprint density at radius 2 is 1.58 bits per heavy atom. The van der Waals surface area contributed by atoms with Crippen LogP contribution >= 0.6 is 0 Å². The van der Waals surface area contributed by atoms with E-state index in [-0.39, 0.29) is 12.1 Å². The highest BCUT2D eigenvalue weighted by atomic mass is 16.5. The van der Waals surface area contributed by atoms with Crippen molar-refractivity contribution in [3.05, 3.63) is 0 Å². The monoisotopic (exact) mass is 270 g/mol. The van der Waals surface area contributed by atoms with Crippen molar-refractivity contribution < 1.29 is 9.53 Å². The van der Waals surface area contributed by atoms with Crippen LogP contribution in [0.15, 0.2) is 0 Å².